The molecule has 166 valence electrons. The van der Waals surface area contributed by atoms with Crippen molar-refractivity contribution in [2.45, 2.75) is 57.9 Å². The van der Waals surface area contributed by atoms with Crippen molar-refractivity contribution in [2.24, 2.45) is 0 Å². The molecule has 0 radical (unpaired) electrons. The van der Waals surface area contributed by atoms with E-state index in [0.717, 1.165) is 36.8 Å². The number of carbonyl (C=O) groups is 2. The summed E-state index contributed by atoms with van der Waals surface area (Å²) in [4.78, 5) is 39.0. The van der Waals surface area contributed by atoms with Gasteiger partial charge in [-0.1, -0.05) is 67.8 Å². The Kier molecular flexibility index (Phi) is 6.08. The van der Waals surface area contributed by atoms with E-state index in [-0.39, 0.29) is 17.2 Å². The highest BCUT2D eigenvalue weighted by Crippen LogP contribution is 2.41. The number of fused-ring (bicyclic) bond motifs is 1. The number of amides is 2. The largest absolute Gasteiger partial charge is 0.290 e. The highest BCUT2D eigenvalue weighted by Gasteiger charge is 2.43. The normalized spacial score (nSPS) is 14.9. The van der Waals surface area contributed by atoms with Crippen LogP contribution in [0.25, 0.3) is 10.8 Å². The van der Waals surface area contributed by atoms with E-state index in [0.29, 0.717) is 23.7 Å². The Morgan fingerprint density at radius 3 is 2.44 bits per heavy atom. The summed E-state index contributed by atoms with van der Waals surface area (Å²) in [5.74, 6) is -0.767. The molecule has 1 heterocycles. The lowest BCUT2D eigenvalue weighted by molar-refractivity contribution is -0.127. The molecule has 0 saturated heterocycles. The van der Waals surface area contributed by atoms with E-state index in [1.54, 1.807) is 24.3 Å². The topological polar surface area (TPSA) is 93.1 Å². The lowest BCUT2D eigenvalue weighted by atomic mass is 9.77. The van der Waals surface area contributed by atoms with Gasteiger partial charge in [0.15, 0.2) is 5.69 Å². The Bertz CT molecular complexity index is 1230. The molecule has 2 aromatic carbocycles. The number of hydrogen-bond donors (Lipinski definition) is 2. The predicted octanol–water partition coefficient (Wildman–Crippen LogP) is 3.39. The number of nitrogens with zero attached hydrogens (tertiary/aromatic N) is 2. The van der Waals surface area contributed by atoms with Crippen LogP contribution in [0.2, 0.25) is 0 Å². The zero-order chi connectivity index (χ0) is 22.7. The number of hydrazine groups is 1. The number of benzene rings is 2. The van der Waals surface area contributed by atoms with E-state index < -0.39 is 11.3 Å². The van der Waals surface area contributed by atoms with Gasteiger partial charge in [-0.15, -0.1) is 0 Å². The Labute approximate surface area is 186 Å². The first-order chi connectivity index (χ1) is 15.5. The Balaban J connectivity index is 1.61. The van der Waals surface area contributed by atoms with Crippen molar-refractivity contribution < 1.29 is 9.59 Å². The third kappa shape index (κ3) is 3.90. The molecule has 7 heteroatoms. The van der Waals surface area contributed by atoms with Crippen molar-refractivity contribution in [3.05, 3.63) is 75.7 Å². The third-order valence-electron chi connectivity index (χ3n) is 6.27. The number of hydrogen-bond acceptors (Lipinski definition) is 4. The first kappa shape index (κ1) is 21.7. The molecule has 32 heavy (non-hydrogen) atoms. The van der Waals surface area contributed by atoms with Gasteiger partial charge in [0.1, 0.15) is 0 Å². The highest BCUT2D eigenvalue weighted by atomic mass is 16.2. The van der Waals surface area contributed by atoms with Crippen LogP contribution in [0.15, 0.2) is 53.3 Å². The molecule has 7 nitrogen and oxygen atoms in total. The molecule has 2 amide bonds. The van der Waals surface area contributed by atoms with Gasteiger partial charge in [-0.05, 0) is 37.8 Å². The molecular weight excluding hydrogens is 404 g/mol. The molecule has 2 N–H and O–H groups in total. The van der Waals surface area contributed by atoms with Crippen molar-refractivity contribution >= 4 is 22.6 Å². The zero-order valence-electron chi connectivity index (χ0n) is 18.5. The van der Waals surface area contributed by atoms with Crippen LogP contribution in [-0.2, 0) is 16.8 Å². The Hall–Kier alpha value is -3.48. The summed E-state index contributed by atoms with van der Waals surface area (Å²) in [6.45, 7) is 4.36. The predicted molar refractivity (Wildman–Crippen MR) is 123 cm³/mol. The molecule has 0 atom stereocenters. The van der Waals surface area contributed by atoms with Crippen molar-refractivity contribution in [3.8, 4) is 0 Å². The quantitative estimate of drug-likeness (QED) is 0.605. The van der Waals surface area contributed by atoms with E-state index in [1.807, 2.05) is 38.1 Å². The van der Waals surface area contributed by atoms with Gasteiger partial charge >= 0.3 is 0 Å². The molecule has 0 unspecified atom stereocenters. The lowest BCUT2D eigenvalue weighted by Crippen LogP contribution is -2.51. The van der Waals surface area contributed by atoms with Gasteiger partial charge in [0.25, 0.3) is 11.5 Å². The number of aromatic nitrogens is 2. The highest BCUT2D eigenvalue weighted by molar-refractivity contribution is 6.05. The van der Waals surface area contributed by atoms with Gasteiger partial charge in [0.2, 0.25) is 5.91 Å². The fourth-order valence-electron chi connectivity index (χ4n) is 4.63. The van der Waals surface area contributed by atoms with Gasteiger partial charge in [0.05, 0.1) is 10.8 Å². The minimum Gasteiger partial charge on any atom is -0.272 e. The van der Waals surface area contributed by atoms with E-state index in [4.69, 9.17) is 0 Å². The van der Waals surface area contributed by atoms with Crippen molar-refractivity contribution in [1.82, 2.24) is 20.6 Å². The fourth-order valence-corrected chi connectivity index (χ4v) is 4.63. The van der Waals surface area contributed by atoms with Crippen LogP contribution >= 0.6 is 0 Å². The van der Waals surface area contributed by atoms with Gasteiger partial charge < -0.3 is 0 Å². The van der Waals surface area contributed by atoms with Crippen LogP contribution in [-0.4, -0.2) is 21.6 Å². The number of carbonyl (C=O) groups excluding carboxylic acids is 2. The maximum absolute atomic E-state index is 13.3. The number of rotatable bonds is 5. The van der Waals surface area contributed by atoms with Crippen LogP contribution in [0.3, 0.4) is 0 Å². The third-order valence-corrected chi connectivity index (χ3v) is 6.27. The minimum absolute atomic E-state index is 0.116. The lowest BCUT2D eigenvalue weighted by Gasteiger charge is -2.28. The van der Waals surface area contributed by atoms with Gasteiger partial charge in [-0.2, -0.15) is 5.10 Å². The average molecular weight is 433 g/mol. The molecule has 0 aliphatic heterocycles. The van der Waals surface area contributed by atoms with Crippen molar-refractivity contribution in [2.75, 3.05) is 0 Å². The van der Waals surface area contributed by atoms with Crippen LogP contribution in [0.5, 0.6) is 0 Å². The van der Waals surface area contributed by atoms with Gasteiger partial charge in [-0.25, -0.2) is 4.68 Å². The maximum atomic E-state index is 13.3. The molecule has 4 rings (SSSR count). The molecule has 1 aliphatic rings. The van der Waals surface area contributed by atoms with Crippen molar-refractivity contribution in [1.29, 1.82) is 0 Å². The van der Waals surface area contributed by atoms with E-state index >= 15 is 0 Å². The molecule has 1 aromatic heterocycles. The minimum atomic E-state index is -0.657. The summed E-state index contributed by atoms with van der Waals surface area (Å²) in [5, 5.41) is 5.19. The zero-order valence-corrected chi connectivity index (χ0v) is 18.5. The Morgan fingerprint density at radius 2 is 1.75 bits per heavy atom. The SMILES string of the molecule is CCCn1nc(C(=O)NNC(=O)C2(c3cccc(C)c3)CCCC2)c2ccccc2c1=O. The molecular formula is C25H28N4O3. The molecule has 1 saturated carbocycles. The van der Waals surface area contributed by atoms with Crippen LogP contribution in [0, 0.1) is 6.92 Å². The van der Waals surface area contributed by atoms with E-state index in [1.165, 1.54) is 4.68 Å². The summed E-state index contributed by atoms with van der Waals surface area (Å²) in [6.07, 6.45) is 4.11. The number of aryl methyl sites for hydroxylation is 2. The standard InChI is InChI=1S/C25H28N4O3/c1-3-15-29-23(31)20-12-5-4-11-19(20)21(28-29)22(30)26-27-24(32)25(13-6-7-14-25)18-10-8-9-17(2)16-18/h4-5,8-12,16H,3,6-7,13-15H2,1-2H3,(H,26,30)(H,27,32). The summed E-state index contributed by atoms with van der Waals surface area (Å²) in [6, 6.07) is 14.9. The second kappa shape index (κ2) is 8.94. The fraction of sp³-hybridized carbons (Fsp3) is 0.360. The average Bonchev–Trinajstić information content (AvgIpc) is 3.31. The smallest absolute Gasteiger partial charge is 0.272 e. The summed E-state index contributed by atoms with van der Waals surface area (Å²) >= 11 is 0. The van der Waals surface area contributed by atoms with Crippen LogP contribution in [0.4, 0.5) is 0 Å². The molecule has 0 bridgehead atoms. The van der Waals surface area contributed by atoms with Crippen molar-refractivity contribution in [3.63, 3.8) is 0 Å². The van der Waals surface area contributed by atoms with E-state index in [9.17, 15) is 14.4 Å². The summed E-state index contributed by atoms with van der Waals surface area (Å²) < 4.78 is 1.31. The second-order valence-electron chi connectivity index (χ2n) is 8.49. The molecule has 1 aliphatic carbocycles. The summed E-state index contributed by atoms with van der Waals surface area (Å²) in [5.41, 5.74) is 6.50. The van der Waals surface area contributed by atoms with Crippen LogP contribution < -0.4 is 16.4 Å². The molecule has 0 spiro atoms. The number of nitrogens with one attached hydrogen (secondary N) is 2. The summed E-state index contributed by atoms with van der Waals surface area (Å²) in [7, 11) is 0. The first-order valence-electron chi connectivity index (χ1n) is 11.1. The molecule has 1 fully saturated rings. The second-order valence-corrected chi connectivity index (χ2v) is 8.49. The van der Waals surface area contributed by atoms with Gasteiger partial charge in [-0.3, -0.25) is 25.2 Å². The Morgan fingerprint density at radius 1 is 1.03 bits per heavy atom. The van der Waals surface area contributed by atoms with Gasteiger partial charge in [0, 0.05) is 11.9 Å². The maximum Gasteiger partial charge on any atom is 0.290 e. The monoisotopic (exact) mass is 432 g/mol. The van der Waals surface area contributed by atoms with Crippen LogP contribution in [0.1, 0.15) is 60.6 Å². The van der Waals surface area contributed by atoms with E-state index in [2.05, 4.69) is 16.0 Å². The first-order valence-corrected chi connectivity index (χ1v) is 11.1. The molecule has 3 aromatic rings.